The normalized spacial score (nSPS) is 10.9. The van der Waals surface area contributed by atoms with Crippen molar-refractivity contribution in [1.29, 1.82) is 0 Å². The number of benzene rings is 2. The van der Waals surface area contributed by atoms with Crippen LogP contribution in [0, 0.1) is 6.92 Å². The molecule has 0 N–H and O–H groups in total. The van der Waals surface area contributed by atoms with Crippen molar-refractivity contribution in [3.8, 4) is 0 Å². The van der Waals surface area contributed by atoms with E-state index in [-0.39, 0.29) is 0 Å². The van der Waals surface area contributed by atoms with Crippen molar-refractivity contribution in [2.45, 2.75) is 13.3 Å². The number of aromatic nitrogens is 2. The monoisotopic (exact) mass is 224 g/mol. The highest BCUT2D eigenvalue weighted by Crippen LogP contribution is 2.17. The highest BCUT2D eigenvalue weighted by atomic mass is 16.5. The lowest BCUT2D eigenvalue weighted by Gasteiger charge is -2.00. The molecule has 84 valence electrons. The molecule has 0 saturated carbocycles. The van der Waals surface area contributed by atoms with Gasteiger partial charge in [0.2, 0.25) is 5.89 Å². The van der Waals surface area contributed by atoms with E-state index >= 15 is 0 Å². The summed E-state index contributed by atoms with van der Waals surface area (Å²) in [4.78, 5) is 4.21. The van der Waals surface area contributed by atoms with Gasteiger partial charge in [0.25, 0.3) is 0 Å². The van der Waals surface area contributed by atoms with Crippen LogP contribution in [-0.4, -0.2) is 10.1 Å². The van der Waals surface area contributed by atoms with E-state index in [1.54, 1.807) is 0 Å². The predicted molar refractivity (Wildman–Crippen MR) is 65.8 cm³/mol. The molecule has 0 radical (unpaired) electrons. The summed E-state index contributed by atoms with van der Waals surface area (Å²) in [7, 11) is 0. The zero-order valence-electron chi connectivity index (χ0n) is 9.55. The summed E-state index contributed by atoms with van der Waals surface area (Å²) in [5.74, 6) is 1.35. The molecule has 0 amide bonds. The van der Waals surface area contributed by atoms with E-state index in [1.807, 2.05) is 19.1 Å². The number of aryl methyl sites for hydroxylation is 1. The van der Waals surface area contributed by atoms with Crippen LogP contribution in [0.1, 0.15) is 17.3 Å². The molecule has 1 aromatic heterocycles. The first-order valence-corrected chi connectivity index (χ1v) is 5.58. The average molecular weight is 224 g/mol. The van der Waals surface area contributed by atoms with E-state index in [9.17, 15) is 0 Å². The predicted octanol–water partition coefficient (Wildman–Crippen LogP) is 3.12. The number of fused-ring (bicyclic) bond motifs is 1. The molecule has 0 bridgehead atoms. The Labute approximate surface area is 99.1 Å². The third-order valence-corrected chi connectivity index (χ3v) is 2.74. The Morgan fingerprint density at radius 2 is 1.88 bits per heavy atom. The minimum atomic E-state index is 0.665. The van der Waals surface area contributed by atoms with Crippen molar-refractivity contribution in [2.75, 3.05) is 0 Å². The smallest absolute Gasteiger partial charge is 0.231 e. The van der Waals surface area contributed by atoms with Crippen LogP contribution in [0.4, 0.5) is 0 Å². The molecule has 0 saturated heterocycles. The minimum absolute atomic E-state index is 0.665. The molecule has 0 aliphatic rings. The number of hydrogen-bond acceptors (Lipinski definition) is 3. The molecular formula is C14H12N2O. The van der Waals surface area contributed by atoms with Crippen LogP contribution in [0.3, 0.4) is 0 Å². The Bertz CT molecular complexity index is 658. The zero-order chi connectivity index (χ0) is 11.7. The van der Waals surface area contributed by atoms with Gasteiger partial charge < -0.3 is 4.52 Å². The fourth-order valence-electron chi connectivity index (χ4n) is 1.94. The molecule has 0 aliphatic carbocycles. The molecule has 0 aliphatic heterocycles. The third kappa shape index (κ3) is 2.04. The van der Waals surface area contributed by atoms with Crippen LogP contribution in [0.5, 0.6) is 0 Å². The molecule has 3 aromatic rings. The Morgan fingerprint density at radius 3 is 2.65 bits per heavy atom. The highest BCUT2D eigenvalue weighted by Gasteiger charge is 2.04. The van der Waals surface area contributed by atoms with E-state index in [2.05, 4.69) is 40.5 Å². The number of rotatable bonds is 2. The first-order valence-electron chi connectivity index (χ1n) is 5.58. The van der Waals surface area contributed by atoms with Gasteiger partial charge >= 0.3 is 0 Å². The average Bonchev–Trinajstić information content (AvgIpc) is 2.75. The maximum absolute atomic E-state index is 5.12. The maximum Gasteiger partial charge on any atom is 0.231 e. The summed E-state index contributed by atoms with van der Waals surface area (Å²) in [5.41, 5.74) is 1.19. The molecule has 0 fully saturated rings. The summed E-state index contributed by atoms with van der Waals surface area (Å²) < 4.78 is 5.12. The van der Waals surface area contributed by atoms with E-state index < -0.39 is 0 Å². The van der Waals surface area contributed by atoms with Crippen molar-refractivity contribution in [3.05, 3.63) is 59.7 Å². The second-order valence-electron chi connectivity index (χ2n) is 4.09. The van der Waals surface area contributed by atoms with E-state index in [0.717, 1.165) is 0 Å². The van der Waals surface area contributed by atoms with Crippen LogP contribution >= 0.6 is 0 Å². The molecule has 0 unspecified atom stereocenters. The molecule has 0 spiro atoms. The minimum Gasteiger partial charge on any atom is -0.339 e. The van der Waals surface area contributed by atoms with Gasteiger partial charge in [-0.25, -0.2) is 0 Å². The summed E-state index contributed by atoms with van der Waals surface area (Å²) >= 11 is 0. The lowest BCUT2D eigenvalue weighted by Crippen LogP contribution is -1.88. The van der Waals surface area contributed by atoms with Crippen molar-refractivity contribution in [3.63, 3.8) is 0 Å². The molecular weight excluding hydrogens is 212 g/mol. The van der Waals surface area contributed by atoms with Gasteiger partial charge in [0, 0.05) is 0 Å². The van der Waals surface area contributed by atoms with Crippen molar-refractivity contribution in [1.82, 2.24) is 10.1 Å². The van der Waals surface area contributed by atoms with Gasteiger partial charge in [-0.05, 0) is 23.3 Å². The third-order valence-electron chi connectivity index (χ3n) is 2.74. The van der Waals surface area contributed by atoms with Crippen molar-refractivity contribution in [2.24, 2.45) is 0 Å². The number of nitrogens with zero attached hydrogens (tertiary/aromatic N) is 2. The molecule has 3 heteroatoms. The van der Waals surface area contributed by atoms with Gasteiger partial charge in [0.15, 0.2) is 5.82 Å². The molecule has 1 heterocycles. The lowest BCUT2D eigenvalue weighted by molar-refractivity contribution is 0.381. The topological polar surface area (TPSA) is 38.9 Å². The van der Waals surface area contributed by atoms with Crippen LogP contribution in [0.15, 0.2) is 47.0 Å². The molecule has 3 nitrogen and oxygen atoms in total. The Hall–Kier alpha value is -2.16. The van der Waals surface area contributed by atoms with Crippen LogP contribution < -0.4 is 0 Å². The zero-order valence-corrected chi connectivity index (χ0v) is 9.55. The lowest BCUT2D eigenvalue weighted by atomic mass is 10.1. The second kappa shape index (κ2) is 4.01. The van der Waals surface area contributed by atoms with Gasteiger partial charge in [-0.2, -0.15) is 4.98 Å². The van der Waals surface area contributed by atoms with Crippen LogP contribution in [0.25, 0.3) is 10.8 Å². The van der Waals surface area contributed by atoms with Gasteiger partial charge in [-0.15, -0.1) is 0 Å². The van der Waals surface area contributed by atoms with E-state index in [0.29, 0.717) is 18.1 Å². The summed E-state index contributed by atoms with van der Waals surface area (Å²) in [5, 5.41) is 6.27. The second-order valence-corrected chi connectivity index (χ2v) is 4.09. The molecule has 0 atom stereocenters. The highest BCUT2D eigenvalue weighted by molar-refractivity contribution is 5.83. The van der Waals surface area contributed by atoms with Gasteiger partial charge in [-0.1, -0.05) is 47.6 Å². The van der Waals surface area contributed by atoms with Gasteiger partial charge in [-0.3, -0.25) is 0 Å². The fourth-order valence-corrected chi connectivity index (χ4v) is 1.94. The molecule has 3 rings (SSSR count). The summed E-state index contributed by atoms with van der Waals surface area (Å²) in [6.07, 6.45) is 0.686. The quantitative estimate of drug-likeness (QED) is 0.671. The first-order chi connectivity index (χ1) is 8.31. The van der Waals surface area contributed by atoms with Crippen LogP contribution in [0.2, 0.25) is 0 Å². The standard InChI is InChI=1S/C14H12N2O/c1-10-15-14(17-16-10)9-11-6-7-12-4-2-3-5-13(12)8-11/h2-8H,9H2,1H3. The molecule has 2 aromatic carbocycles. The fraction of sp³-hybridized carbons (Fsp3) is 0.143. The number of hydrogen-bond donors (Lipinski definition) is 0. The SMILES string of the molecule is Cc1noc(Cc2ccc3ccccc3c2)n1. The largest absolute Gasteiger partial charge is 0.339 e. The Kier molecular flexibility index (Phi) is 2.37. The summed E-state index contributed by atoms with van der Waals surface area (Å²) in [6.45, 7) is 1.83. The van der Waals surface area contributed by atoms with Crippen molar-refractivity contribution < 1.29 is 4.52 Å². The maximum atomic E-state index is 5.12. The molecule has 17 heavy (non-hydrogen) atoms. The van der Waals surface area contributed by atoms with E-state index in [4.69, 9.17) is 4.52 Å². The Balaban J connectivity index is 1.95. The van der Waals surface area contributed by atoms with Gasteiger partial charge in [0.05, 0.1) is 6.42 Å². The van der Waals surface area contributed by atoms with Gasteiger partial charge in [0.1, 0.15) is 0 Å². The Morgan fingerprint density at radius 1 is 1.06 bits per heavy atom. The van der Waals surface area contributed by atoms with Crippen molar-refractivity contribution >= 4 is 10.8 Å². The van der Waals surface area contributed by atoms with Crippen LogP contribution in [-0.2, 0) is 6.42 Å². The van der Waals surface area contributed by atoms with E-state index in [1.165, 1.54) is 16.3 Å². The first kappa shape index (κ1) is 10.0. The summed E-state index contributed by atoms with van der Waals surface area (Å²) in [6, 6.07) is 14.7.